The highest BCUT2D eigenvalue weighted by atomic mass is 16.6. The summed E-state index contributed by atoms with van der Waals surface area (Å²) < 4.78 is 13.9. The minimum atomic E-state index is -0.473. The Hall–Kier alpha value is -3.59. The van der Waals surface area contributed by atoms with Crippen molar-refractivity contribution < 1.29 is 14.3 Å². The number of piperidine rings is 1. The summed E-state index contributed by atoms with van der Waals surface area (Å²) in [5.41, 5.74) is 11.7. The number of fused-ring (bicyclic) bond motifs is 1. The van der Waals surface area contributed by atoms with E-state index in [1.807, 2.05) is 25.7 Å². The number of carbonyl (C=O) groups is 1. The summed E-state index contributed by atoms with van der Waals surface area (Å²) in [6, 6.07) is 8.38. The molecular weight excluding hydrogens is 540 g/mol. The molecule has 0 radical (unpaired) electrons. The lowest BCUT2D eigenvalue weighted by molar-refractivity contribution is 0.00895. The normalized spacial score (nSPS) is 19.2. The van der Waals surface area contributed by atoms with E-state index in [9.17, 15) is 4.79 Å². The van der Waals surface area contributed by atoms with Crippen LogP contribution in [0.1, 0.15) is 71.4 Å². The Labute approximate surface area is 255 Å². The summed E-state index contributed by atoms with van der Waals surface area (Å²) in [6.45, 7) is 11.3. The van der Waals surface area contributed by atoms with Crippen LogP contribution in [-0.2, 0) is 11.8 Å². The topological polar surface area (TPSA) is 98.7 Å². The first-order valence-electron chi connectivity index (χ1n) is 15.8. The Morgan fingerprint density at radius 3 is 2.40 bits per heavy atom. The largest absolute Gasteiger partial charge is 0.492 e. The molecule has 0 bridgehead atoms. The standard InChI is InChI=1S/C34H46N6O3/c1-33(2,3)43-32(41)40-19-15-34(16-20-40)13-11-25(12-14-34)29-27(28-30(35)36-23-37-31(28)38(29)4)24-7-9-26(10-8-24)42-22-21-39-17-5-6-18-39/h7-11,23H,5-6,12-22H2,1-4H3,(H2,35,36,37). The van der Waals surface area contributed by atoms with Crippen LogP contribution in [0.4, 0.5) is 10.6 Å². The lowest BCUT2D eigenvalue weighted by Crippen LogP contribution is -2.45. The number of hydrogen-bond acceptors (Lipinski definition) is 7. The summed E-state index contributed by atoms with van der Waals surface area (Å²) in [5, 5.41) is 0.898. The molecular formula is C34H46N6O3. The van der Waals surface area contributed by atoms with Gasteiger partial charge in [-0.3, -0.25) is 4.90 Å². The molecule has 1 aromatic carbocycles. The van der Waals surface area contributed by atoms with Crippen molar-refractivity contribution in [1.29, 1.82) is 0 Å². The van der Waals surface area contributed by atoms with E-state index >= 15 is 0 Å². The Morgan fingerprint density at radius 2 is 1.74 bits per heavy atom. The second-order valence-electron chi connectivity index (χ2n) is 13.6. The van der Waals surface area contributed by atoms with Crippen molar-refractivity contribution in [3.8, 4) is 16.9 Å². The number of nitrogen functional groups attached to an aromatic ring is 1. The van der Waals surface area contributed by atoms with Crippen LogP contribution in [-0.4, -0.2) is 75.4 Å². The van der Waals surface area contributed by atoms with Gasteiger partial charge in [0.2, 0.25) is 0 Å². The van der Waals surface area contributed by atoms with Gasteiger partial charge in [0.15, 0.2) is 0 Å². The van der Waals surface area contributed by atoms with Crippen molar-refractivity contribution in [2.24, 2.45) is 12.5 Å². The second-order valence-corrected chi connectivity index (χ2v) is 13.6. The van der Waals surface area contributed by atoms with Crippen LogP contribution in [0, 0.1) is 5.41 Å². The third-order valence-corrected chi connectivity index (χ3v) is 9.50. The number of hydrogen-bond donors (Lipinski definition) is 1. The molecule has 6 rings (SSSR count). The van der Waals surface area contributed by atoms with E-state index in [1.165, 1.54) is 31.5 Å². The molecule has 3 aromatic rings. The predicted octanol–water partition coefficient (Wildman–Crippen LogP) is 6.28. The molecule has 1 spiro atoms. The molecule has 2 aromatic heterocycles. The third-order valence-electron chi connectivity index (χ3n) is 9.50. The highest BCUT2D eigenvalue weighted by Gasteiger charge is 2.39. The van der Waals surface area contributed by atoms with Gasteiger partial charge in [0.1, 0.15) is 35.7 Å². The maximum absolute atomic E-state index is 12.6. The zero-order chi connectivity index (χ0) is 30.2. The SMILES string of the molecule is Cn1c(C2=CCC3(CC2)CCN(C(=O)OC(C)(C)C)CC3)c(-c2ccc(OCCN3CCCC3)cc2)c2c(N)ncnc21. The van der Waals surface area contributed by atoms with Gasteiger partial charge in [-0.15, -0.1) is 0 Å². The summed E-state index contributed by atoms with van der Waals surface area (Å²) in [5.74, 6) is 1.38. The molecule has 1 aliphatic carbocycles. The first-order chi connectivity index (χ1) is 20.6. The maximum Gasteiger partial charge on any atom is 0.410 e. The Balaban J connectivity index is 1.22. The van der Waals surface area contributed by atoms with E-state index < -0.39 is 5.60 Å². The molecule has 3 aliphatic rings. The predicted molar refractivity (Wildman–Crippen MR) is 171 cm³/mol. The van der Waals surface area contributed by atoms with Gasteiger partial charge >= 0.3 is 6.09 Å². The lowest BCUT2D eigenvalue weighted by atomic mass is 9.68. The van der Waals surface area contributed by atoms with Crippen molar-refractivity contribution in [1.82, 2.24) is 24.3 Å². The third kappa shape index (κ3) is 6.23. The van der Waals surface area contributed by atoms with Gasteiger partial charge in [0, 0.05) is 32.2 Å². The van der Waals surface area contributed by atoms with E-state index in [0.29, 0.717) is 12.4 Å². The van der Waals surface area contributed by atoms with Crippen LogP contribution >= 0.6 is 0 Å². The number of likely N-dealkylation sites (tertiary alicyclic amines) is 2. The van der Waals surface area contributed by atoms with Crippen molar-refractivity contribution in [2.45, 2.75) is 71.3 Å². The number of aryl methyl sites for hydroxylation is 1. The van der Waals surface area contributed by atoms with Gasteiger partial charge in [0.25, 0.3) is 0 Å². The zero-order valence-corrected chi connectivity index (χ0v) is 26.2. The molecule has 2 fully saturated rings. The van der Waals surface area contributed by atoms with Crippen LogP contribution in [0.3, 0.4) is 0 Å². The van der Waals surface area contributed by atoms with Crippen molar-refractivity contribution >= 4 is 28.5 Å². The number of nitrogens with two attached hydrogens (primary N) is 1. The molecule has 2 N–H and O–H groups in total. The van der Waals surface area contributed by atoms with Gasteiger partial charge in [-0.25, -0.2) is 14.8 Å². The van der Waals surface area contributed by atoms with Crippen LogP contribution in [0.5, 0.6) is 5.75 Å². The Bertz CT molecular complexity index is 1490. The fourth-order valence-corrected chi connectivity index (χ4v) is 7.05. The van der Waals surface area contributed by atoms with Crippen LogP contribution < -0.4 is 10.5 Å². The van der Waals surface area contributed by atoms with Crippen LogP contribution in [0.2, 0.25) is 0 Å². The van der Waals surface area contributed by atoms with Crippen LogP contribution in [0.15, 0.2) is 36.7 Å². The molecule has 2 aliphatic heterocycles. The highest BCUT2D eigenvalue weighted by molar-refractivity contribution is 6.06. The summed E-state index contributed by atoms with van der Waals surface area (Å²) >= 11 is 0. The van der Waals surface area contributed by atoms with Crippen molar-refractivity contribution in [3.05, 3.63) is 42.4 Å². The molecule has 0 atom stereocenters. The average molecular weight is 587 g/mol. The molecule has 43 heavy (non-hydrogen) atoms. The summed E-state index contributed by atoms with van der Waals surface area (Å²) in [7, 11) is 2.08. The fraction of sp³-hybridized carbons (Fsp3) is 0.559. The second kappa shape index (κ2) is 11.8. The van der Waals surface area contributed by atoms with Crippen molar-refractivity contribution in [2.75, 3.05) is 45.1 Å². The number of carbonyl (C=O) groups excluding carboxylic acids is 1. The van der Waals surface area contributed by atoms with Crippen molar-refractivity contribution in [3.63, 3.8) is 0 Å². The number of benzene rings is 1. The summed E-state index contributed by atoms with van der Waals surface area (Å²) in [4.78, 5) is 26.0. The summed E-state index contributed by atoms with van der Waals surface area (Å²) in [6.07, 6.45) is 11.4. The van der Waals surface area contributed by atoms with Gasteiger partial charge < -0.3 is 24.7 Å². The minimum Gasteiger partial charge on any atom is -0.492 e. The Kier molecular flexibility index (Phi) is 8.11. The molecule has 4 heterocycles. The first-order valence-corrected chi connectivity index (χ1v) is 15.8. The number of ether oxygens (including phenoxy) is 2. The van der Waals surface area contributed by atoms with E-state index in [1.54, 1.807) is 6.33 Å². The van der Waals surface area contributed by atoms with E-state index in [2.05, 4.69) is 56.8 Å². The molecule has 230 valence electrons. The number of aromatic nitrogens is 3. The van der Waals surface area contributed by atoms with Gasteiger partial charge in [-0.05, 0) is 107 Å². The molecule has 9 nitrogen and oxygen atoms in total. The maximum atomic E-state index is 12.6. The van der Waals surface area contributed by atoms with Gasteiger partial charge in [-0.1, -0.05) is 18.2 Å². The molecule has 9 heteroatoms. The molecule has 0 saturated carbocycles. The lowest BCUT2D eigenvalue weighted by Gasteiger charge is -2.43. The first kappa shape index (κ1) is 29.5. The average Bonchev–Trinajstić information content (AvgIpc) is 3.60. The molecule has 1 amide bonds. The minimum absolute atomic E-state index is 0.198. The Morgan fingerprint density at radius 1 is 1.02 bits per heavy atom. The van der Waals surface area contributed by atoms with Gasteiger partial charge in [0.05, 0.1) is 11.1 Å². The smallest absolute Gasteiger partial charge is 0.410 e. The number of nitrogens with zero attached hydrogens (tertiary/aromatic N) is 5. The fourth-order valence-electron chi connectivity index (χ4n) is 7.05. The molecule has 0 unspecified atom stereocenters. The zero-order valence-electron chi connectivity index (χ0n) is 26.2. The quantitative estimate of drug-likeness (QED) is 0.363. The van der Waals surface area contributed by atoms with Gasteiger partial charge in [-0.2, -0.15) is 0 Å². The van der Waals surface area contributed by atoms with Crippen LogP contribution in [0.25, 0.3) is 27.7 Å². The van der Waals surface area contributed by atoms with E-state index in [0.717, 1.165) is 85.3 Å². The number of anilines is 1. The number of allylic oxidation sites excluding steroid dienone is 2. The van der Waals surface area contributed by atoms with E-state index in [-0.39, 0.29) is 11.5 Å². The monoisotopic (exact) mass is 586 g/mol. The molecule has 2 saturated heterocycles. The highest BCUT2D eigenvalue weighted by Crippen LogP contribution is 2.49. The number of rotatable bonds is 6. The van der Waals surface area contributed by atoms with E-state index in [4.69, 9.17) is 15.2 Å². The number of amides is 1.